The lowest BCUT2D eigenvalue weighted by molar-refractivity contribution is 0.102. The van der Waals surface area contributed by atoms with E-state index >= 15 is 0 Å². The number of anilines is 1. The van der Waals surface area contributed by atoms with E-state index < -0.39 is 62.4 Å². The van der Waals surface area contributed by atoms with Crippen molar-refractivity contribution in [2.75, 3.05) is 18.5 Å². The van der Waals surface area contributed by atoms with Gasteiger partial charge in [-0.05, 0) is 31.0 Å². The fourth-order valence-electron chi connectivity index (χ4n) is 3.27. The van der Waals surface area contributed by atoms with Crippen LogP contribution in [0.2, 0.25) is 0 Å². The van der Waals surface area contributed by atoms with E-state index in [0.717, 1.165) is 22.5 Å². The first-order valence-corrected chi connectivity index (χ1v) is 10.5. The van der Waals surface area contributed by atoms with Gasteiger partial charge in [0.15, 0.2) is 17.5 Å². The van der Waals surface area contributed by atoms with Gasteiger partial charge in [0, 0.05) is 36.0 Å². The average molecular weight is 446 g/mol. The van der Waals surface area contributed by atoms with Gasteiger partial charge >= 0.3 is 0 Å². The monoisotopic (exact) mass is 446 g/mol. The van der Waals surface area contributed by atoms with Crippen LogP contribution in [0.25, 0.3) is 0 Å². The van der Waals surface area contributed by atoms with Gasteiger partial charge in [-0.3, -0.25) is 4.79 Å². The highest BCUT2D eigenvalue weighted by Crippen LogP contribution is 2.28. The quantitative estimate of drug-likeness (QED) is 0.546. The molecule has 3 rings (SSSR count). The standard InChI is InChI=1S/C19H18F4N2O4S/c20-14-5-4-11(19(27)24-12-8-15(21)18(23)16(22)9-12)7-17(14)30(28,29)25-6-2-1-3-13(25)10-26/h4-5,7-9,13,26H,1-3,6,10H2,(H,24,27)/t13-/m0/s1. The molecule has 11 heteroatoms. The summed E-state index contributed by atoms with van der Waals surface area (Å²) >= 11 is 0. The molecule has 1 saturated heterocycles. The lowest BCUT2D eigenvalue weighted by Crippen LogP contribution is -2.45. The Labute approximate surface area is 170 Å². The number of hydrogen-bond donors (Lipinski definition) is 2. The zero-order chi connectivity index (χ0) is 22.1. The highest BCUT2D eigenvalue weighted by Gasteiger charge is 2.35. The summed E-state index contributed by atoms with van der Waals surface area (Å²) < 4.78 is 80.9. The maximum absolute atomic E-state index is 14.4. The van der Waals surface area contributed by atoms with Crippen LogP contribution in [-0.4, -0.2) is 42.9 Å². The molecule has 0 saturated carbocycles. The topological polar surface area (TPSA) is 86.7 Å². The van der Waals surface area contributed by atoms with Gasteiger partial charge in [0.25, 0.3) is 5.91 Å². The van der Waals surface area contributed by atoms with E-state index in [2.05, 4.69) is 5.32 Å². The molecule has 0 aliphatic carbocycles. The lowest BCUT2D eigenvalue weighted by atomic mass is 10.1. The van der Waals surface area contributed by atoms with Crippen molar-refractivity contribution in [2.24, 2.45) is 0 Å². The maximum atomic E-state index is 14.4. The van der Waals surface area contributed by atoms with Gasteiger partial charge in [0.1, 0.15) is 10.7 Å². The van der Waals surface area contributed by atoms with E-state index in [4.69, 9.17) is 0 Å². The van der Waals surface area contributed by atoms with Crippen LogP contribution in [0.3, 0.4) is 0 Å². The maximum Gasteiger partial charge on any atom is 0.255 e. The van der Waals surface area contributed by atoms with Gasteiger partial charge in [-0.15, -0.1) is 0 Å². The summed E-state index contributed by atoms with van der Waals surface area (Å²) in [6.07, 6.45) is 1.67. The van der Waals surface area contributed by atoms with Gasteiger partial charge in [-0.1, -0.05) is 6.42 Å². The van der Waals surface area contributed by atoms with E-state index in [1.807, 2.05) is 0 Å². The summed E-state index contributed by atoms with van der Waals surface area (Å²) in [6, 6.07) is 2.99. The second kappa shape index (κ2) is 8.70. The number of sulfonamides is 1. The Bertz CT molecular complexity index is 1060. The molecule has 0 radical (unpaired) electrons. The number of benzene rings is 2. The highest BCUT2D eigenvalue weighted by atomic mass is 32.2. The molecule has 162 valence electrons. The van der Waals surface area contributed by atoms with Crippen molar-refractivity contribution >= 4 is 21.6 Å². The second-order valence-electron chi connectivity index (χ2n) is 6.80. The first-order chi connectivity index (χ1) is 14.1. The number of hydrogen-bond acceptors (Lipinski definition) is 4. The van der Waals surface area contributed by atoms with Crippen LogP contribution in [0.15, 0.2) is 35.2 Å². The van der Waals surface area contributed by atoms with Crippen LogP contribution in [-0.2, 0) is 10.0 Å². The first-order valence-electron chi connectivity index (χ1n) is 9.03. The molecule has 2 aromatic carbocycles. The Kier molecular flexibility index (Phi) is 6.44. The van der Waals surface area contributed by atoms with Gasteiger partial charge in [0.2, 0.25) is 10.0 Å². The third kappa shape index (κ3) is 4.32. The lowest BCUT2D eigenvalue weighted by Gasteiger charge is -2.33. The van der Waals surface area contributed by atoms with E-state index in [1.165, 1.54) is 0 Å². The number of carbonyl (C=O) groups excluding carboxylic acids is 1. The molecule has 1 atom stereocenters. The number of piperidine rings is 1. The number of halogens is 4. The summed E-state index contributed by atoms with van der Waals surface area (Å²) in [7, 11) is -4.35. The zero-order valence-corrected chi connectivity index (χ0v) is 16.4. The number of amides is 1. The molecule has 1 heterocycles. The summed E-state index contributed by atoms with van der Waals surface area (Å²) in [5, 5.41) is 11.6. The Morgan fingerprint density at radius 3 is 2.37 bits per heavy atom. The molecule has 1 amide bonds. The summed E-state index contributed by atoms with van der Waals surface area (Å²) in [5.74, 6) is -6.81. The smallest absolute Gasteiger partial charge is 0.255 e. The number of nitrogens with zero attached hydrogens (tertiary/aromatic N) is 1. The van der Waals surface area contributed by atoms with Crippen molar-refractivity contribution in [2.45, 2.75) is 30.2 Å². The highest BCUT2D eigenvalue weighted by molar-refractivity contribution is 7.89. The number of carbonyl (C=O) groups is 1. The van der Waals surface area contributed by atoms with Crippen molar-refractivity contribution in [1.29, 1.82) is 0 Å². The first kappa shape index (κ1) is 22.2. The van der Waals surface area contributed by atoms with Crippen molar-refractivity contribution in [1.82, 2.24) is 4.31 Å². The fraction of sp³-hybridized carbons (Fsp3) is 0.316. The molecule has 2 N–H and O–H groups in total. The third-order valence-corrected chi connectivity index (χ3v) is 6.77. The number of aliphatic hydroxyl groups excluding tert-OH is 1. The Morgan fingerprint density at radius 2 is 1.73 bits per heavy atom. The Morgan fingerprint density at radius 1 is 1.07 bits per heavy atom. The Balaban J connectivity index is 1.92. The molecule has 0 spiro atoms. The summed E-state index contributed by atoms with van der Waals surface area (Å²) in [6.45, 7) is -0.333. The molecule has 1 aliphatic heterocycles. The minimum Gasteiger partial charge on any atom is -0.395 e. The van der Waals surface area contributed by atoms with Crippen molar-refractivity contribution < 1.29 is 35.9 Å². The van der Waals surface area contributed by atoms with Crippen LogP contribution in [0.4, 0.5) is 23.2 Å². The molecule has 1 fully saturated rings. The molecule has 1 aliphatic rings. The number of aliphatic hydroxyl groups is 1. The third-order valence-electron chi connectivity index (χ3n) is 4.81. The fourth-order valence-corrected chi connectivity index (χ4v) is 5.05. The predicted octanol–water partition coefficient (Wildman–Crippen LogP) is 3.03. The van der Waals surface area contributed by atoms with Crippen LogP contribution in [0.5, 0.6) is 0 Å². The molecule has 0 aromatic heterocycles. The van der Waals surface area contributed by atoms with Crippen molar-refractivity contribution in [3.8, 4) is 0 Å². The zero-order valence-electron chi connectivity index (χ0n) is 15.5. The van der Waals surface area contributed by atoms with Crippen LogP contribution in [0.1, 0.15) is 29.6 Å². The van der Waals surface area contributed by atoms with E-state index in [-0.39, 0.29) is 12.1 Å². The van der Waals surface area contributed by atoms with Crippen LogP contribution in [0, 0.1) is 23.3 Å². The molecule has 30 heavy (non-hydrogen) atoms. The summed E-state index contributed by atoms with van der Waals surface area (Å²) in [4.78, 5) is 11.6. The predicted molar refractivity (Wildman–Crippen MR) is 99.3 cm³/mol. The van der Waals surface area contributed by atoms with E-state index in [1.54, 1.807) is 0 Å². The van der Waals surface area contributed by atoms with E-state index in [0.29, 0.717) is 31.4 Å². The normalized spacial score (nSPS) is 17.7. The van der Waals surface area contributed by atoms with Crippen molar-refractivity contribution in [3.05, 3.63) is 59.2 Å². The van der Waals surface area contributed by atoms with Gasteiger partial charge < -0.3 is 10.4 Å². The van der Waals surface area contributed by atoms with E-state index in [9.17, 15) is 35.9 Å². The van der Waals surface area contributed by atoms with Crippen LogP contribution < -0.4 is 5.32 Å². The summed E-state index contributed by atoms with van der Waals surface area (Å²) in [5.41, 5.74) is -0.695. The molecule has 6 nitrogen and oxygen atoms in total. The average Bonchev–Trinajstić information content (AvgIpc) is 2.72. The van der Waals surface area contributed by atoms with Gasteiger partial charge in [-0.25, -0.2) is 26.0 Å². The number of rotatable bonds is 5. The molecular weight excluding hydrogens is 428 g/mol. The second-order valence-corrected chi connectivity index (χ2v) is 8.66. The van der Waals surface area contributed by atoms with Gasteiger partial charge in [-0.2, -0.15) is 4.31 Å². The molecule has 0 unspecified atom stereocenters. The van der Waals surface area contributed by atoms with Gasteiger partial charge in [0.05, 0.1) is 6.61 Å². The number of nitrogens with one attached hydrogen (secondary N) is 1. The van der Waals surface area contributed by atoms with Crippen LogP contribution >= 0.6 is 0 Å². The minimum atomic E-state index is -4.35. The Hall–Kier alpha value is -2.50. The molecule has 2 aromatic rings. The SMILES string of the molecule is O=C(Nc1cc(F)c(F)c(F)c1)c1ccc(F)c(S(=O)(=O)N2CCCC[C@H]2CO)c1. The largest absolute Gasteiger partial charge is 0.395 e. The van der Waals surface area contributed by atoms with Crippen molar-refractivity contribution in [3.63, 3.8) is 0 Å². The molecule has 0 bridgehead atoms. The minimum absolute atomic E-state index is 0.0948. The molecular formula is C19H18F4N2O4S.